The van der Waals surface area contributed by atoms with Crippen LogP contribution in [-0.4, -0.2) is 13.6 Å². The number of nitrogens with zero attached hydrogens (tertiary/aromatic N) is 1. The lowest BCUT2D eigenvalue weighted by molar-refractivity contribution is 0.970. The Kier molecular flexibility index (Phi) is 3.20. The maximum absolute atomic E-state index is 5.85. The zero-order valence-electron chi connectivity index (χ0n) is 7.34. The molecule has 0 unspecified atom stereocenters. The van der Waals surface area contributed by atoms with Crippen LogP contribution in [0.1, 0.15) is 6.92 Å². The summed E-state index contributed by atoms with van der Waals surface area (Å²) in [7, 11) is 2.04. The number of nitrogen functional groups attached to an aromatic ring is 1. The van der Waals surface area contributed by atoms with Crippen molar-refractivity contribution in [2.75, 3.05) is 24.2 Å². The summed E-state index contributed by atoms with van der Waals surface area (Å²) in [5, 5.41) is 0. The molecule has 0 atom stereocenters. The third-order valence-electron chi connectivity index (χ3n) is 1.88. The molecule has 0 aliphatic carbocycles. The van der Waals surface area contributed by atoms with Crippen molar-refractivity contribution >= 4 is 34.0 Å². The Morgan fingerprint density at radius 3 is 2.67 bits per heavy atom. The van der Waals surface area contributed by atoms with Crippen LogP contribution in [-0.2, 0) is 0 Å². The van der Waals surface area contributed by atoms with Crippen LogP contribution in [0, 0.1) is 3.57 Å². The van der Waals surface area contributed by atoms with Crippen LogP contribution < -0.4 is 10.6 Å². The molecule has 0 amide bonds. The van der Waals surface area contributed by atoms with E-state index in [1.807, 2.05) is 13.1 Å². The lowest BCUT2D eigenvalue weighted by atomic mass is 10.2. The highest BCUT2D eigenvalue weighted by molar-refractivity contribution is 14.1. The Labute approximate surface area is 86.9 Å². The summed E-state index contributed by atoms with van der Waals surface area (Å²) in [5.41, 5.74) is 7.81. The van der Waals surface area contributed by atoms with Crippen molar-refractivity contribution in [3.05, 3.63) is 21.8 Å². The van der Waals surface area contributed by atoms with Crippen LogP contribution in [0.25, 0.3) is 0 Å². The maximum Gasteiger partial charge on any atom is 0.0597 e. The lowest BCUT2D eigenvalue weighted by Gasteiger charge is -2.18. The second-order valence-electron chi connectivity index (χ2n) is 2.72. The van der Waals surface area contributed by atoms with Crippen molar-refractivity contribution < 1.29 is 0 Å². The fourth-order valence-corrected chi connectivity index (χ4v) is 1.56. The van der Waals surface area contributed by atoms with E-state index in [2.05, 4.69) is 46.5 Å². The van der Waals surface area contributed by atoms with E-state index in [4.69, 9.17) is 5.73 Å². The number of hydrogen-bond acceptors (Lipinski definition) is 2. The van der Waals surface area contributed by atoms with Crippen LogP contribution in [0.5, 0.6) is 0 Å². The second-order valence-corrected chi connectivity index (χ2v) is 3.96. The van der Waals surface area contributed by atoms with Gasteiger partial charge in [0.15, 0.2) is 0 Å². The average Bonchev–Trinajstić information content (AvgIpc) is 2.03. The fraction of sp³-hybridized carbons (Fsp3) is 0.333. The number of halogens is 1. The molecular weight excluding hydrogens is 263 g/mol. The summed E-state index contributed by atoms with van der Waals surface area (Å²) in [5.74, 6) is 0. The number of benzene rings is 1. The number of nitrogens with two attached hydrogens (primary N) is 1. The summed E-state index contributed by atoms with van der Waals surface area (Å²) in [6.45, 7) is 3.09. The van der Waals surface area contributed by atoms with Gasteiger partial charge in [0.05, 0.1) is 11.4 Å². The minimum atomic E-state index is 0.853. The average molecular weight is 276 g/mol. The molecule has 0 spiro atoms. The molecule has 2 N–H and O–H groups in total. The SMILES string of the molecule is CCN(C)c1ccc(I)cc1N. The Balaban J connectivity index is 3.01. The molecule has 12 heavy (non-hydrogen) atoms. The van der Waals surface area contributed by atoms with Gasteiger partial charge in [-0.25, -0.2) is 0 Å². The summed E-state index contributed by atoms with van der Waals surface area (Å²) >= 11 is 2.26. The van der Waals surface area contributed by atoms with Crippen molar-refractivity contribution in [2.45, 2.75) is 6.92 Å². The topological polar surface area (TPSA) is 29.3 Å². The number of anilines is 2. The van der Waals surface area contributed by atoms with Gasteiger partial charge in [-0.05, 0) is 47.7 Å². The molecule has 1 aromatic carbocycles. The Hall–Kier alpha value is -0.450. The van der Waals surface area contributed by atoms with Crippen molar-refractivity contribution in [1.29, 1.82) is 0 Å². The van der Waals surface area contributed by atoms with Gasteiger partial charge in [0, 0.05) is 17.2 Å². The van der Waals surface area contributed by atoms with Gasteiger partial charge in [-0.2, -0.15) is 0 Å². The van der Waals surface area contributed by atoms with Crippen LogP contribution in [0.3, 0.4) is 0 Å². The maximum atomic E-state index is 5.85. The Morgan fingerprint density at radius 2 is 2.17 bits per heavy atom. The molecule has 3 heteroatoms. The highest BCUT2D eigenvalue weighted by Crippen LogP contribution is 2.23. The quantitative estimate of drug-likeness (QED) is 0.663. The highest BCUT2D eigenvalue weighted by atomic mass is 127. The predicted molar refractivity (Wildman–Crippen MR) is 62.5 cm³/mol. The van der Waals surface area contributed by atoms with Crippen molar-refractivity contribution in [1.82, 2.24) is 0 Å². The first-order chi connectivity index (χ1) is 5.65. The molecule has 66 valence electrons. The van der Waals surface area contributed by atoms with Gasteiger partial charge < -0.3 is 10.6 Å². The molecular formula is C9H13IN2. The molecule has 1 rings (SSSR count). The molecule has 2 nitrogen and oxygen atoms in total. The normalized spacial score (nSPS) is 9.92. The van der Waals surface area contributed by atoms with Gasteiger partial charge in [-0.3, -0.25) is 0 Å². The highest BCUT2D eigenvalue weighted by Gasteiger charge is 2.02. The van der Waals surface area contributed by atoms with Gasteiger partial charge in [0.2, 0.25) is 0 Å². The van der Waals surface area contributed by atoms with E-state index in [9.17, 15) is 0 Å². The van der Waals surface area contributed by atoms with Crippen LogP contribution >= 0.6 is 22.6 Å². The third kappa shape index (κ3) is 2.03. The molecule has 0 radical (unpaired) electrons. The first kappa shape index (κ1) is 9.64. The third-order valence-corrected chi connectivity index (χ3v) is 2.55. The van der Waals surface area contributed by atoms with Crippen LogP contribution in [0.15, 0.2) is 18.2 Å². The van der Waals surface area contributed by atoms with Crippen molar-refractivity contribution in [3.63, 3.8) is 0 Å². The van der Waals surface area contributed by atoms with Gasteiger partial charge in [0.25, 0.3) is 0 Å². The van der Waals surface area contributed by atoms with E-state index >= 15 is 0 Å². The first-order valence-electron chi connectivity index (χ1n) is 3.91. The van der Waals surface area contributed by atoms with Crippen LogP contribution in [0.4, 0.5) is 11.4 Å². The summed E-state index contributed by atoms with van der Waals surface area (Å²) in [4.78, 5) is 2.13. The molecule has 0 heterocycles. The van der Waals surface area contributed by atoms with E-state index in [0.29, 0.717) is 0 Å². The first-order valence-corrected chi connectivity index (χ1v) is 4.99. The summed E-state index contributed by atoms with van der Waals surface area (Å²) in [6.07, 6.45) is 0. The van der Waals surface area contributed by atoms with E-state index in [-0.39, 0.29) is 0 Å². The smallest absolute Gasteiger partial charge is 0.0597 e. The minimum Gasteiger partial charge on any atom is -0.397 e. The second kappa shape index (κ2) is 3.98. The van der Waals surface area contributed by atoms with Crippen molar-refractivity contribution in [2.24, 2.45) is 0 Å². The summed E-state index contributed by atoms with van der Waals surface area (Å²) < 4.78 is 1.18. The predicted octanol–water partition coefficient (Wildman–Crippen LogP) is 2.33. The van der Waals surface area contributed by atoms with E-state index in [1.54, 1.807) is 0 Å². The molecule has 0 bridgehead atoms. The molecule has 0 saturated heterocycles. The van der Waals surface area contributed by atoms with Crippen LogP contribution in [0.2, 0.25) is 0 Å². The monoisotopic (exact) mass is 276 g/mol. The molecule has 0 aliphatic heterocycles. The standard InChI is InChI=1S/C9H13IN2/c1-3-12(2)9-5-4-7(10)6-8(9)11/h4-6H,3,11H2,1-2H3. The van der Waals surface area contributed by atoms with E-state index in [0.717, 1.165) is 17.9 Å². The molecule has 0 fully saturated rings. The van der Waals surface area contributed by atoms with E-state index in [1.165, 1.54) is 3.57 Å². The Morgan fingerprint density at radius 1 is 1.50 bits per heavy atom. The lowest BCUT2D eigenvalue weighted by Crippen LogP contribution is -2.17. The minimum absolute atomic E-state index is 0.853. The molecule has 0 aliphatic rings. The van der Waals surface area contributed by atoms with Gasteiger partial charge >= 0.3 is 0 Å². The Bertz CT molecular complexity index is 273. The fourth-order valence-electron chi connectivity index (χ4n) is 1.04. The van der Waals surface area contributed by atoms with Gasteiger partial charge in [-0.15, -0.1) is 0 Å². The molecule has 0 saturated carbocycles. The number of rotatable bonds is 2. The van der Waals surface area contributed by atoms with Crippen molar-refractivity contribution in [3.8, 4) is 0 Å². The zero-order chi connectivity index (χ0) is 9.14. The molecule has 1 aromatic rings. The van der Waals surface area contributed by atoms with Gasteiger partial charge in [-0.1, -0.05) is 0 Å². The zero-order valence-corrected chi connectivity index (χ0v) is 9.50. The molecule has 0 aromatic heterocycles. The summed E-state index contributed by atoms with van der Waals surface area (Å²) in [6, 6.07) is 6.11. The van der Waals surface area contributed by atoms with E-state index < -0.39 is 0 Å². The largest absolute Gasteiger partial charge is 0.397 e. The number of hydrogen-bond donors (Lipinski definition) is 1. The van der Waals surface area contributed by atoms with Gasteiger partial charge in [0.1, 0.15) is 0 Å².